The fourth-order valence-corrected chi connectivity index (χ4v) is 13.5. The highest BCUT2D eigenvalue weighted by molar-refractivity contribution is 5.29. The van der Waals surface area contributed by atoms with Crippen LogP contribution in [0.5, 0.6) is 0 Å². The largest absolute Gasteiger partial charge is 0.394 e. The van der Waals surface area contributed by atoms with E-state index < -0.39 is 116 Å². The van der Waals surface area contributed by atoms with Crippen LogP contribution in [0.1, 0.15) is 86.0 Å². The third kappa shape index (κ3) is 7.79. The van der Waals surface area contributed by atoms with Gasteiger partial charge in [-0.25, -0.2) is 0 Å². The second-order valence-electron chi connectivity index (χ2n) is 20.4. The molecule has 0 aromatic heterocycles. The summed E-state index contributed by atoms with van der Waals surface area (Å²) in [5.41, 5.74) is 1.74. The topological polar surface area (TPSA) is 256 Å². The van der Waals surface area contributed by atoms with Crippen molar-refractivity contribution in [3.05, 3.63) is 23.8 Å². The second-order valence-corrected chi connectivity index (χ2v) is 20.4. The van der Waals surface area contributed by atoms with Crippen LogP contribution in [0.25, 0.3) is 0 Å². The molecule has 1 unspecified atom stereocenters. The molecule has 0 aromatic carbocycles. The molecule has 0 amide bonds. The normalized spacial score (nSPS) is 55.1. The SMILES string of the molecule is C=C(C)CCC1(OC)O[C@H]2C[C@H]3[C@@H]4CC=C5C[C@@H](O)C[C@@H](O[C@@H]6OC[C@H](O)[C@H](O)[C@H]6O[C@@H]6O[C@@H](C)[C@H](O)[C@@H](O[C@@H]7O[C@H](CO)[C@@H](O)[C@H](O)[C@H]7O)[C@H]6O)[C@]5(C)[C@H]4CC[C@]3(C)[C@H]2[C@@H]1C. The quantitative estimate of drug-likeness (QED) is 0.127. The Morgan fingerprint density at radius 2 is 1.55 bits per heavy atom. The number of aliphatic hydroxyl groups is 9. The van der Waals surface area contributed by atoms with Crippen molar-refractivity contribution < 1.29 is 83.9 Å². The van der Waals surface area contributed by atoms with Gasteiger partial charge in [0.25, 0.3) is 0 Å². The molecular formula is C45H72O17. The maximum absolute atomic E-state index is 11.6. The average molecular weight is 885 g/mol. The Bertz CT molecular complexity index is 1630. The molecule has 8 aliphatic rings. The zero-order chi connectivity index (χ0) is 44.8. The average Bonchev–Trinajstić information content (AvgIpc) is 3.69. The molecule has 17 heteroatoms. The van der Waals surface area contributed by atoms with Crippen LogP contribution in [0.3, 0.4) is 0 Å². The number of aliphatic hydroxyl groups excluding tert-OH is 9. The molecule has 4 saturated heterocycles. The van der Waals surface area contributed by atoms with E-state index in [1.807, 2.05) is 6.92 Å². The maximum Gasteiger partial charge on any atom is 0.187 e. The van der Waals surface area contributed by atoms with E-state index in [1.165, 1.54) is 6.92 Å². The number of hydrogen-bond donors (Lipinski definition) is 9. The van der Waals surface area contributed by atoms with E-state index in [4.69, 9.17) is 37.9 Å². The monoisotopic (exact) mass is 884 g/mol. The molecular weight excluding hydrogens is 812 g/mol. The van der Waals surface area contributed by atoms with Crippen molar-refractivity contribution in [3.8, 4) is 0 Å². The number of hydrogen-bond acceptors (Lipinski definition) is 17. The smallest absolute Gasteiger partial charge is 0.187 e. The van der Waals surface area contributed by atoms with Gasteiger partial charge in [-0.1, -0.05) is 38.0 Å². The molecule has 17 nitrogen and oxygen atoms in total. The van der Waals surface area contributed by atoms with Crippen LogP contribution in [0.4, 0.5) is 0 Å². The van der Waals surface area contributed by atoms with Gasteiger partial charge in [0.15, 0.2) is 24.7 Å². The van der Waals surface area contributed by atoms with E-state index in [-0.39, 0.29) is 36.4 Å². The van der Waals surface area contributed by atoms with Crippen LogP contribution >= 0.6 is 0 Å². The van der Waals surface area contributed by atoms with Gasteiger partial charge in [-0.3, -0.25) is 0 Å². The van der Waals surface area contributed by atoms with Crippen LogP contribution < -0.4 is 0 Å². The molecule has 0 bridgehead atoms. The van der Waals surface area contributed by atoms with Gasteiger partial charge in [-0.05, 0) is 81.5 Å². The Morgan fingerprint density at radius 1 is 0.839 bits per heavy atom. The van der Waals surface area contributed by atoms with Crippen molar-refractivity contribution in [2.45, 2.75) is 196 Å². The van der Waals surface area contributed by atoms with E-state index in [1.54, 1.807) is 7.11 Å². The van der Waals surface area contributed by atoms with Gasteiger partial charge in [0.2, 0.25) is 0 Å². The Morgan fingerprint density at radius 3 is 2.24 bits per heavy atom. The summed E-state index contributed by atoms with van der Waals surface area (Å²) in [7, 11) is 1.76. The minimum atomic E-state index is -1.81. The molecule has 0 aromatic rings. The number of rotatable bonds is 11. The Hall–Kier alpha value is -1.20. The second kappa shape index (κ2) is 17.8. The highest BCUT2D eigenvalue weighted by Crippen LogP contribution is 2.70. The Kier molecular flexibility index (Phi) is 13.6. The standard InChI is InChI=1S/C45H72O17/c1-19(2)10-13-45(55-7)20(3)31-28(62-45)16-26-24-9-8-22-14-23(47)15-30(44(22,6)25(24)11-12-43(26,31)5)59-42-39(33(50)27(48)18-56-42)61-41-37(54)38(32(49)21(4)57-41)60-40-36(53)35(52)34(51)29(17-46)58-40/h8,20-21,23-42,46-54H,1,9-18H2,2-7H3/t20-,21-,23+,24+,25-,26-,27-,28-,29+,30+,31-,32-,33-,34+,35-,36+,37+,38+,39+,40-,41-,42-,43-,44-,45?/m0/s1. The minimum Gasteiger partial charge on any atom is -0.394 e. The molecule has 354 valence electrons. The molecule has 9 N–H and O–H groups in total. The molecule has 0 spiro atoms. The first-order chi connectivity index (χ1) is 29.3. The first-order valence-corrected chi connectivity index (χ1v) is 22.8. The van der Waals surface area contributed by atoms with Crippen molar-refractivity contribution in [2.24, 2.45) is 40.4 Å². The summed E-state index contributed by atoms with van der Waals surface area (Å²) in [6.07, 6.45) is -14.2. The lowest BCUT2D eigenvalue weighted by Crippen LogP contribution is -2.65. The zero-order valence-electron chi connectivity index (χ0n) is 36.8. The predicted octanol–water partition coefficient (Wildman–Crippen LogP) is 0.380. The molecule has 8 rings (SSSR count). The highest BCUT2D eigenvalue weighted by atomic mass is 16.8. The van der Waals surface area contributed by atoms with Crippen LogP contribution in [0.15, 0.2) is 23.8 Å². The first kappa shape index (κ1) is 47.3. The summed E-state index contributed by atoms with van der Waals surface area (Å²) in [5.74, 6) is 0.799. The lowest BCUT2D eigenvalue weighted by molar-refractivity contribution is -0.381. The summed E-state index contributed by atoms with van der Waals surface area (Å²) in [6, 6.07) is 0. The summed E-state index contributed by atoms with van der Waals surface area (Å²) in [5, 5.41) is 97.1. The molecule has 0 radical (unpaired) electrons. The summed E-state index contributed by atoms with van der Waals surface area (Å²) in [4.78, 5) is 0. The fraction of sp³-hybridized carbons (Fsp3) is 0.911. The summed E-state index contributed by atoms with van der Waals surface area (Å²) < 4.78 is 49.5. The predicted molar refractivity (Wildman–Crippen MR) is 216 cm³/mol. The number of fused-ring (bicyclic) bond motifs is 7. The van der Waals surface area contributed by atoms with Crippen molar-refractivity contribution in [3.63, 3.8) is 0 Å². The molecule has 4 heterocycles. The van der Waals surface area contributed by atoms with E-state index in [2.05, 4.69) is 33.4 Å². The number of allylic oxidation sites excluding steroid dienone is 2. The molecule has 62 heavy (non-hydrogen) atoms. The van der Waals surface area contributed by atoms with Crippen LogP contribution in [0.2, 0.25) is 0 Å². The van der Waals surface area contributed by atoms with Gasteiger partial charge in [-0.2, -0.15) is 0 Å². The van der Waals surface area contributed by atoms with E-state index in [0.29, 0.717) is 24.2 Å². The van der Waals surface area contributed by atoms with Gasteiger partial charge in [0.1, 0.15) is 61.0 Å². The van der Waals surface area contributed by atoms with Crippen molar-refractivity contribution in [2.75, 3.05) is 20.3 Å². The van der Waals surface area contributed by atoms with E-state index in [9.17, 15) is 46.0 Å². The van der Waals surface area contributed by atoms with Crippen LogP contribution in [0, 0.1) is 40.4 Å². The molecule has 25 atom stereocenters. The molecule has 4 aliphatic heterocycles. The maximum atomic E-state index is 11.6. The fourth-order valence-electron chi connectivity index (χ4n) is 13.5. The molecule has 7 fully saturated rings. The number of ether oxygens (including phenoxy) is 8. The van der Waals surface area contributed by atoms with Crippen molar-refractivity contribution >= 4 is 0 Å². The van der Waals surface area contributed by atoms with E-state index in [0.717, 1.165) is 49.7 Å². The zero-order valence-corrected chi connectivity index (χ0v) is 36.8. The first-order valence-electron chi connectivity index (χ1n) is 22.8. The molecule has 3 saturated carbocycles. The van der Waals surface area contributed by atoms with Gasteiger partial charge in [-0.15, -0.1) is 6.58 Å². The lowest BCUT2D eigenvalue weighted by atomic mass is 9.46. The summed E-state index contributed by atoms with van der Waals surface area (Å²) >= 11 is 0. The third-order valence-corrected chi connectivity index (χ3v) is 17.0. The minimum absolute atomic E-state index is 0.0303. The van der Waals surface area contributed by atoms with Gasteiger partial charge in [0.05, 0.1) is 37.6 Å². The van der Waals surface area contributed by atoms with Crippen LogP contribution in [-0.2, 0) is 37.9 Å². The summed E-state index contributed by atoms with van der Waals surface area (Å²) in [6.45, 7) is 13.6. The van der Waals surface area contributed by atoms with Gasteiger partial charge < -0.3 is 83.9 Å². The Balaban J connectivity index is 1.01. The number of methoxy groups -OCH3 is 1. The van der Waals surface area contributed by atoms with Crippen molar-refractivity contribution in [1.29, 1.82) is 0 Å². The lowest BCUT2D eigenvalue weighted by Gasteiger charge is -2.60. The third-order valence-electron chi connectivity index (χ3n) is 17.0. The van der Waals surface area contributed by atoms with Gasteiger partial charge >= 0.3 is 0 Å². The van der Waals surface area contributed by atoms with E-state index >= 15 is 0 Å². The highest BCUT2D eigenvalue weighted by Gasteiger charge is 2.69. The van der Waals surface area contributed by atoms with Crippen molar-refractivity contribution in [1.82, 2.24) is 0 Å². The van der Waals surface area contributed by atoms with Crippen LogP contribution in [-0.4, -0.2) is 176 Å². The van der Waals surface area contributed by atoms with Gasteiger partial charge in [0, 0.05) is 31.3 Å². The Labute approximate surface area is 363 Å². The molecule has 4 aliphatic carbocycles.